The number of benzene rings is 1. The number of carbonyl (C=O) groups excluding carboxylic acids is 1. The molecule has 116 valence electrons. The number of rotatable bonds is 5. The van der Waals surface area contributed by atoms with Crippen molar-refractivity contribution in [1.29, 1.82) is 0 Å². The number of nitrogens with one attached hydrogen (secondary N) is 1. The minimum absolute atomic E-state index is 0.0924. The summed E-state index contributed by atoms with van der Waals surface area (Å²) in [5, 5.41) is 7.11. The molecule has 1 N–H and O–H groups in total. The molecule has 0 unspecified atom stereocenters. The fraction of sp³-hybridized carbons (Fsp3) is 0.375. The topological polar surface area (TPSA) is 58.2 Å². The number of hydrogen-bond donors (Lipinski definition) is 1. The Balaban J connectivity index is 1.74. The highest BCUT2D eigenvalue weighted by Gasteiger charge is 2.27. The quantitative estimate of drug-likeness (QED) is 0.886. The molecule has 1 amide bonds. The van der Waals surface area contributed by atoms with Crippen molar-refractivity contribution in [2.75, 3.05) is 14.2 Å². The predicted octanol–water partition coefficient (Wildman–Crippen LogP) is 3.33. The number of nitrogens with zero attached hydrogens (tertiary/aromatic N) is 2. The van der Waals surface area contributed by atoms with Gasteiger partial charge in [-0.1, -0.05) is 15.9 Å². The Kier molecular flexibility index (Phi) is 4.20. The fourth-order valence-corrected chi connectivity index (χ4v) is 2.85. The lowest BCUT2D eigenvalue weighted by Crippen LogP contribution is -2.26. The Hall–Kier alpha value is -1.82. The number of methoxy groups -OCH3 is 1. The van der Waals surface area contributed by atoms with Crippen LogP contribution in [0.5, 0.6) is 5.75 Å². The van der Waals surface area contributed by atoms with Crippen LogP contribution in [0, 0.1) is 0 Å². The largest absolute Gasteiger partial charge is 0.496 e. The van der Waals surface area contributed by atoms with E-state index in [-0.39, 0.29) is 5.91 Å². The summed E-state index contributed by atoms with van der Waals surface area (Å²) in [7, 11) is 3.40. The molecule has 5 nitrogen and oxygen atoms in total. The van der Waals surface area contributed by atoms with E-state index in [1.807, 2.05) is 24.3 Å². The zero-order valence-electron chi connectivity index (χ0n) is 12.6. The summed E-state index contributed by atoms with van der Waals surface area (Å²) >= 11 is 3.45. The summed E-state index contributed by atoms with van der Waals surface area (Å²) in [6, 6.07) is 7.63. The number of ether oxygens (including phenoxy) is 1. The van der Waals surface area contributed by atoms with Crippen LogP contribution in [0.15, 0.2) is 28.7 Å². The van der Waals surface area contributed by atoms with Gasteiger partial charge in [-0.05, 0) is 37.1 Å². The van der Waals surface area contributed by atoms with Gasteiger partial charge in [0.2, 0.25) is 0 Å². The second-order valence-electron chi connectivity index (χ2n) is 5.60. The van der Waals surface area contributed by atoms with Crippen LogP contribution in [0.3, 0.4) is 0 Å². The molecule has 2 aromatic rings. The standard InChI is InChI=1S/C16H18BrN3O2/c1-20(9-11-7-12(17)5-6-15(11)22-2)16(21)14-8-13(18-19-14)10-3-4-10/h5-8,10H,3-4,9H2,1-2H3,(H,18,19). The highest BCUT2D eigenvalue weighted by molar-refractivity contribution is 9.10. The lowest BCUT2D eigenvalue weighted by molar-refractivity contribution is 0.0778. The Labute approximate surface area is 137 Å². The Bertz CT molecular complexity index is 694. The third-order valence-electron chi connectivity index (χ3n) is 3.83. The number of H-pyrrole nitrogens is 1. The molecule has 1 saturated carbocycles. The molecule has 0 aliphatic heterocycles. The van der Waals surface area contributed by atoms with Crippen molar-refractivity contribution >= 4 is 21.8 Å². The van der Waals surface area contributed by atoms with Gasteiger partial charge < -0.3 is 9.64 Å². The lowest BCUT2D eigenvalue weighted by Gasteiger charge is -2.18. The molecule has 1 aliphatic rings. The molecule has 1 fully saturated rings. The van der Waals surface area contributed by atoms with Gasteiger partial charge in [0, 0.05) is 35.2 Å². The van der Waals surface area contributed by atoms with E-state index >= 15 is 0 Å². The molecule has 1 aromatic carbocycles. The first-order valence-corrected chi connectivity index (χ1v) is 8.01. The van der Waals surface area contributed by atoms with Crippen LogP contribution < -0.4 is 4.74 Å². The normalized spacial score (nSPS) is 14.0. The Morgan fingerprint density at radius 3 is 2.91 bits per heavy atom. The second kappa shape index (κ2) is 6.12. The summed E-state index contributed by atoms with van der Waals surface area (Å²) in [5.74, 6) is 1.23. The van der Waals surface area contributed by atoms with Crippen LogP contribution in [0.1, 0.15) is 40.5 Å². The highest BCUT2D eigenvalue weighted by Crippen LogP contribution is 2.39. The minimum atomic E-state index is -0.0924. The molecule has 0 spiro atoms. The molecular weight excluding hydrogens is 346 g/mol. The summed E-state index contributed by atoms with van der Waals surface area (Å²) in [6.45, 7) is 0.465. The zero-order valence-corrected chi connectivity index (χ0v) is 14.2. The van der Waals surface area contributed by atoms with Gasteiger partial charge in [-0.25, -0.2) is 0 Å². The van der Waals surface area contributed by atoms with Crippen LogP contribution in [0.4, 0.5) is 0 Å². The van der Waals surface area contributed by atoms with E-state index in [9.17, 15) is 4.79 Å². The van der Waals surface area contributed by atoms with Crippen LogP contribution in [0.2, 0.25) is 0 Å². The number of aromatic nitrogens is 2. The van der Waals surface area contributed by atoms with Crippen LogP contribution in [0.25, 0.3) is 0 Å². The van der Waals surface area contributed by atoms with Crippen LogP contribution in [-0.2, 0) is 6.54 Å². The molecule has 0 bridgehead atoms. The summed E-state index contributed by atoms with van der Waals surface area (Å²) < 4.78 is 6.31. The molecule has 1 heterocycles. The zero-order chi connectivity index (χ0) is 15.7. The summed E-state index contributed by atoms with van der Waals surface area (Å²) in [5.41, 5.74) is 2.49. The molecule has 0 radical (unpaired) electrons. The number of halogens is 1. The second-order valence-corrected chi connectivity index (χ2v) is 6.52. The fourth-order valence-electron chi connectivity index (χ4n) is 2.44. The van der Waals surface area contributed by atoms with E-state index in [1.165, 1.54) is 12.8 Å². The highest BCUT2D eigenvalue weighted by atomic mass is 79.9. The average Bonchev–Trinajstić information content (AvgIpc) is 3.24. The number of aromatic amines is 1. The number of hydrogen-bond acceptors (Lipinski definition) is 3. The van der Waals surface area contributed by atoms with Gasteiger partial charge in [0.15, 0.2) is 0 Å². The third kappa shape index (κ3) is 3.16. The van der Waals surface area contributed by atoms with E-state index < -0.39 is 0 Å². The molecular formula is C16H18BrN3O2. The van der Waals surface area contributed by atoms with Crippen molar-refractivity contribution in [3.8, 4) is 5.75 Å². The minimum Gasteiger partial charge on any atom is -0.496 e. The maximum Gasteiger partial charge on any atom is 0.274 e. The summed E-state index contributed by atoms with van der Waals surface area (Å²) in [6.07, 6.45) is 2.36. The monoisotopic (exact) mass is 363 g/mol. The first-order valence-electron chi connectivity index (χ1n) is 7.21. The first-order chi connectivity index (χ1) is 10.6. The Morgan fingerprint density at radius 1 is 1.45 bits per heavy atom. The van der Waals surface area contributed by atoms with Gasteiger partial charge in [-0.3, -0.25) is 9.89 Å². The van der Waals surface area contributed by atoms with Crippen molar-refractivity contribution in [2.45, 2.75) is 25.3 Å². The van der Waals surface area contributed by atoms with Crippen molar-refractivity contribution in [2.24, 2.45) is 0 Å². The van der Waals surface area contributed by atoms with Crippen LogP contribution in [-0.4, -0.2) is 35.2 Å². The molecule has 1 aromatic heterocycles. The van der Waals surface area contributed by atoms with Gasteiger partial charge >= 0.3 is 0 Å². The van der Waals surface area contributed by atoms with Crippen molar-refractivity contribution in [3.05, 3.63) is 45.7 Å². The number of amides is 1. The van der Waals surface area contributed by atoms with Gasteiger partial charge in [-0.2, -0.15) is 5.10 Å². The molecule has 3 rings (SSSR count). The molecule has 22 heavy (non-hydrogen) atoms. The summed E-state index contributed by atoms with van der Waals surface area (Å²) in [4.78, 5) is 14.1. The molecule has 0 atom stereocenters. The molecule has 0 saturated heterocycles. The van der Waals surface area contributed by atoms with Gasteiger partial charge in [0.25, 0.3) is 5.91 Å². The Morgan fingerprint density at radius 2 is 2.23 bits per heavy atom. The maximum absolute atomic E-state index is 12.5. The maximum atomic E-state index is 12.5. The average molecular weight is 364 g/mol. The van der Waals surface area contributed by atoms with Crippen molar-refractivity contribution in [3.63, 3.8) is 0 Å². The van der Waals surface area contributed by atoms with Gasteiger partial charge in [0.05, 0.1) is 7.11 Å². The van der Waals surface area contributed by atoms with Crippen molar-refractivity contribution in [1.82, 2.24) is 15.1 Å². The molecule has 1 aliphatic carbocycles. The van der Waals surface area contributed by atoms with Gasteiger partial charge in [0.1, 0.15) is 11.4 Å². The van der Waals surface area contributed by atoms with Crippen LogP contribution >= 0.6 is 15.9 Å². The smallest absolute Gasteiger partial charge is 0.274 e. The third-order valence-corrected chi connectivity index (χ3v) is 4.32. The van der Waals surface area contributed by atoms with E-state index in [2.05, 4.69) is 26.1 Å². The SMILES string of the molecule is COc1ccc(Br)cc1CN(C)C(=O)c1cc(C2CC2)[nH]n1. The predicted molar refractivity (Wildman–Crippen MR) is 87.1 cm³/mol. The number of carbonyl (C=O) groups is 1. The lowest BCUT2D eigenvalue weighted by atomic mass is 10.2. The van der Waals surface area contributed by atoms with E-state index in [0.717, 1.165) is 21.5 Å². The first kappa shape index (κ1) is 15.1. The molecule has 6 heteroatoms. The van der Waals surface area contributed by atoms with E-state index in [1.54, 1.807) is 19.1 Å². The van der Waals surface area contributed by atoms with Crippen molar-refractivity contribution < 1.29 is 9.53 Å². The van der Waals surface area contributed by atoms with Gasteiger partial charge in [-0.15, -0.1) is 0 Å². The van der Waals surface area contributed by atoms with E-state index in [0.29, 0.717) is 18.2 Å². The van der Waals surface area contributed by atoms with E-state index in [4.69, 9.17) is 4.74 Å².